The van der Waals surface area contributed by atoms with Crippen LogP contribution >= 0.6 is 0 Å². The van der Waals surface area contributed by atoms with Crippen molar-refractivity contribution >= 4 is 0 Å². The second kappa shape index (κ2) is 9.09. The molecule has 3 rings (SSSR count). The van der Waals surface area contributed by atoms with Gasteiger partial charge in [-0.1, -0.05) is 84.2 Å². The van der Waals surface area contributed by atoms with Crippen molar-refractivity contribution in [2.45, 2.75) is 68.4 Å². The average Bonchev–Trinajstić information content (AvgIpc) is 2.86. The van der Waals surface area contributed by atoms with Gasteiger partial charge in [0.25, 0.3) is 12.1 Å². The summed E-state index contributed by atoms with van der Waals surface area (Å²) in [6.45, 7) is 3.51. The zero-order chi connectivity index (χ0) is 24.3. The van der Waals surface area contributed by atoms with Gasteiger partial charge >= 0.3 is 24.4 Å². The predicted molar refractivity (Wildman–Crippen MR) is 116 cm³/mol. The molecular weight excluding hydrogens is 442 g/mol. The maximum absolute atomic E-state index is 13.7. The molecule has 174 valence electrons. The number of benzene rings is 2. The van der Waals surface area contributed by atoms with Crippen molar-refractivity contribution in [1.82, 2.24) is 0 Å². The molecule has 0 amide bonds. The molecule has 0 spiro atoms. The van der Waals surface area contributed by atoms with E-state index in [2.05, 4.69) is 21.8 Å². The Morgan fingerprint density at radius 2 is 1.03 bits per heavy atom. The molecule has 0 fully saturated rings. The van der Waals surface area contributed by atoms with Crippen LogP contribution in [0.4, 0.5) is 26.3 Å². The highest BCUT2D eigenvalue weighted by Gasteiger charge is 2.63. The van der Waals surface area contributed by atoms with Gasteiger partial charge in [0, 0.05) is 0 Å². The molecule has 33 heavy (non-hydrogen) atoms. The first-order valence-electron chi connectivity index (χ1n) is 10.7. The first-order valence-corrected chi connectivity index (χ1v) is 10.7. The molecule has 8 heteroatoms. The minimum Gasteiger partial charge on any atom is -0.163 e. The zero-order valence-electron chi connectivity index (χ0n) is 18.2. The molecule has 0 aromatic heterocycles. The summed E-state index contributed by atoms with van der Waals surface area (Å²) in [4.78, 5) is 7.35. The number of halogens is 6. The van der Waals surface area contributed by atoms with Crippen molar-refractivity contribution in [3.63, 3.8) is 0 Å². The minimum atomic E-state index is -4.98. The summed E-state index contributed by atoms with van der Waals surface area (Å²) in [7, 11) is 0. The third-order valence-corrected chi connectivity index (χ3v) is 6.35. The summed E-state index contributed by atoms with van der Waals surface area (Å²) in [6.07, 6.45) is -10.9. The van der Waals surface area contributed by atoms with Crippen molar-refractivity contribution in [3.05, 3.63) is 81.5 Å². The van der Waals surface area contributed by atoms with Crippen LogP contribution in [0, 0.1) is 12.1 Å². The molecule has 4 unspecified atom stereocenters. The fourth-order valence-corrected chi connectivity index (χ4v) is 4.53. The number of alkyl halides is 6. The Labute approximate surface area is 188 Å². The van der Waals surface area contributed by atoms with E-state index in [0.717, 1.165) is 0 Å². The first kappa shape index (κ1) is 24.6. The van der Waals surface area contributed by atoms with E-state index < -0.39 is 41.7 Å². The Morgan fingerprint density at radius 1 is 0.697 bits per heavy atom. The highest BCUT2D eigenvalue weighted by molar-refractivity contribution is 5.51. The number of nitrogens with zero attached hydrogens (tertiary/aromatic N) is 2. The lowest BCUT2D eigenvalue weighted by atomic mass is 9.56. The molecule has 0 N–H and O–H groups in total. The monoisotopic (exact) mass is 466 g/mol. The molecule has 4 atom stereocenters. The highest BCUT2D eigenvalue weighted by atomic mass is 19.4. The minimum absolute atomic E-state index is 0.215. The average molecular weight is 466 g/mol. The van der Waals surface area contributed by atoms with E-state index in [-0.39, 0.29) is 12.8 Å². The number of hydrogen-bond donors (Lipinski definition) is 0. The SMILES string of the molecule is CCC1(c2ccccc2)C#[N+]C(C(F)(F)F)CC(C(F)(F)F)[N+]#CC1(CC)c1ccccc1. The third kappa shape index (κ3) is 4.57. The third-order valence-electron chi connectivity index (χ3n) is 6.35. The van der Waals surface area contributed by atoms with Crippen molar-refractivity contribution < 1.29 is 26.3 Å². The summed E-state index contributed by atoms with van der Waals surface area (Å²) < 4.78 is 82.4. The van der Waals surface area contributed by atoms with Crippen LogP contribution in [-0.4, -0.2) is 24.4 Å². The fraction of sp³-hybridized carbons (Fsp3) is 0.440. The van der Waals surface area contributed by atoms with Crippen LogP contribution in [-0.2, 0) is 10.8 Å². The van der Waals surface area contributed by atoms with Crippen LogP contribution in [0.5, 0.6) is 0 Å². The van der Waals surface area contributed by atoms with Gasteiger partial charge < -0.3 is 0 Å². The smallest absolute Gasteiger partial charge is 0.163 e. The maximum Gasteiger partial charge on any atom is 0.470 e. The summed E-state index contributed by atoms with van der Waals surface area (Å²) >= 11 is 0. The lowest BCUT2D eigenvalue weighted by molar-refractivity contribution is -0.162. The quantitative estimate of drug-likeness (QED) is 0.410. The summed E-state index contributed by atoms with van der Waals surface area (Å²) in [5.41, 5.74) is -1.51. The maximum atomic E-state index is 13.7. The van der Waals surface area contributed by atoms with Gasteiger partial charge in [0.05, 0.1) is 0 Å². The Kier molecular flexibility index (Phi) is 6.79. The molecule has 1 aliphatic rings. The van der Waals surface area contributed by atoms with E-state index in [1.807, 2.05) is 0 Å². The second-order valence-corrected chi connectivity index (χ2v) is 8.08. The van der Waals surface area contributed by atoms with E-state index in [9.17, 15) is 26.3 Å². The van der Waals surface area contributed by atoms with E-state index in [4.69, 9.17) is 0 Å². The van der Waals surface area contributed by atoms with Crippen LogP contribution in [0.25, 0.3) is 9.69 Å². The molecule has 0 radical (unpaired) electrons. The zero-order valence-corrected chi connectivity index (χ0v) is 18.2. The Bertz CT molecular complexity index is 985. The molecule has 0 saturated heterocycles. The lowest BCUT2D eigenvalue weighted by Gasteiger charge is -2.37. The van der Waals surface area contributed by atoms with Crippen molar-refractivity contribution in [2.75, 3.05) is 0 Å². The van der Waals surface area contributed by atoms with E-state index in [1.165, 1.54) is 0 Å². The normalized spacial score (nSPS) is 27.8. The van der Waals surface area contributed by atoms with Crippen LogP contribution in [0.15, 0.2) is 60.7 Å². The predicted octanol–water partition coefficient (Wildman–Crippen LogP) is 7.61. The topological polar surface area (TPSA) is 8.72 Å². The van der Waals surface area contributed by atoms with Gasteiger partial charge in [0.2, 0.25) is 0 Å². The largest absolute Gasteiger partial charge is 0.470 e. The summed E-state index contributed by atoms with van der Waals surface area (Å²) in [5, 5.41) is 0. The van der Waals surface area contributed by atoms with Crippen LogP contribution in [0.3, 0.4) is 0 Å². The van der Waals surface area contributed by atoms with Gasteiger partial charge in [-0.15, -0.1) is 0 Å². The van der Waals surface area contributed by atoms with Crippen LogP contribution in [0.1, 0.15) is 44.2 Å². The molecule has 0 saturated carbocycles. The summed E-state index contributed by atoms with van der Waals surface area (Å²) in [6, 6.07) is 17.6. The Hall–Kier alpha value is -3.00. The molecule has 0 bridgehead atoms. The Balaban J connectivity index is 2.46. The van der Waals surface area contributed by atoms with Crippen molar-refractivity contribution in [2.24, 2.45) is 0 Å². The van der Waals surface area contributed by atoms with Gasteiger partial charge in [0.1, 0.15) is 6.42 Å². The molecule has 2 aromatic rings. The molecule has 1 heterocycles. The van der Waals surface area contributed by atoms with Gasteiger partial charge in [-0.2, -0.15) is 26.3 Å². The van der Waals surface area contributed by atoms with Gasteiger partial charge in [-0.3, -0.25) is 0 Å². The van der Waals surface area contributed by atoms with Crippen LogP contribution < -0.4 is 0 Å². The molecule has 2 aromatic carbocycles. The lowest BCUT2D eigenvalue weighted by Crippen LogP contribution is -2.47. The number of hydrogen-bond acceptors (Lipinski definition) is 0. The van der Waals surface area contributed by atoms with Gasteiger partial charge in [0.15, 0.2) is 10.8 Å². The van der Waals surface area contributed by atoms with Gasteiger partial charge in [-0.25, -0.2) is 0 Å². The molecular formula is C25H24F6N2+2. The molecule has 0 aliphatic carbocycles. The van der Waals surface area contributed by atoms with E-state index in [0.29, 0.717) is 11.1 Å². The molecule has 1 aliphatic heterocycles. The van der Waals surface area contributed by atoms with Crippen molar-refractivity contribution in [1.29, 1.82) is 0 Å². The van der Waals surface area contributed by atoms with E-state index in [1.54, 1.807) is 74.5 Å². The molecule has 2 nitrogen and oxygen atoms in total. The fourth-order valence-electron chi connectivity index (χ4n) is 4.53. The van der Waals surface area contributed by atoms with E-state index >= 15 is 0 Å². The van der Waals surface area contributed by atoms with Crippen LogP contribution in [0.2, 0.25) is 0 Å². The number of rotatable bonds is 4. The standard InChI is InChI=1S/C25H24F6N2/c1-3-22(18-11-7-5-8-12-18)16-32-20(24(26,27)28)15-21(25(29,30)31)33-17-23(22,4-2)19-13-9-6-10-14-19/h5-14,20-21H,3-4,15H2,1-2H3/q+2. The Morgan fingerprint density at radius 3 is 1.30 bits per heavy atom. The second-order valence-electron chi connectivity index (χ2n) is 8.08. The summed E-state index contributed by atoms with van der Waals surface area (Å²) in [5.74, 6) is 0. The van der Waals surface area contributed by atoms with Gasteiger partial charge in [-0.05, 0) is 24.0 Å². The van der Waals surface area contributed by atoms with Crippen molar-refractivity contribution in [3.8, 4) is 12.1 Å². The first-order chi connectivity index (χ1) is 15.5. The highest BCUT2D eigenvalue weighted by Crippen LogP contribution is 2.50.